The van der Waals surface area contributed by atoms with Crippen LogP contribution in [0.15, 0.2) is 29.2 Å². The van der Waals surface area contributed by atoms with E-state index in [1.54, 1.807) is 11.8 Å². The summed E-state index contributed by atoms with van der Waals surface area (Å²) in [5, 5.41) is 16.2. The highest BCUT2D eigenvalue weighted by molar-refractivity contribution is 7.98. The molecule has 0 aliphatic rings. The maximum absolute atomic E-state index is 12.3. The van der Waals surface area contributed by atoms with Gasteiger partial charge in [-0.15, -0.1) is 11.8 Å². The van der Waals surface area contributed by atoms with E-state index in [2.05, 4.69) is 16.5 Å². The van der Waals surface area contributed by atoms with Crippen LogP contribution < -0.4 is 5.32 Å². The van der Waals surface area contributed by atoms with Crippen molar-refractivity contribution in [1.82, 2.24) is 9.78 Å². The molecule has 1 heterocycles. The summed E-state index contributed by atoms with van der Waals surface area (Å²) in [6.45, 7) is 4.54. The number of nitriles is 1. The van der Waals surface area contributed by atoms with Crippen LogP contribution in [0.4, 0.5) is 5.69 Å². The lowest BCUT2D eigenvalue weighted by Gasteiger charge is -2.09. The molecule has 5 nitrogen and oxygen atoms in total. The summed E-state index contributed by atoms with van der Waals surface area (Å²) in [4.78, 5) is 13.3. The van der Waals surface area contributed by atoms with E-state index in [0.29, 0.717) is 25.8 Å². The summed E-state index contributed by atoms with van der Waals surface area (Å²) in [6.07, 6.45) is 3.49. The molecule has 2 rings (SSSR count). The van der Waals surface area contributed by atoms with Gasteiger partial charge in [-0.25, -0.2) is 0 Å². The summed E-state index contributed by atoms with van der Waals surface area (Å²) >= 11 is 1.61. The van der Waals surface area contributed by atoms with Crippen LogP contribution in [0.5, 0.6) is 0 Å². The summed E-state index contributed by atoms with van der Waals surface area (Å²) < 4.78 is 1.86. The number of carbonyl (C=O) groups excluding carboxylic acids is 1. The van der Waals surface area contributed by atoms with Crippen molar-refractivity contribution in [2.24, 2.45) is 0 Å². The summed E-state index contributed by atoms with van der Waals surface area (Å²) in [5.74, 6) is 0.0000693. The van der Waals surface area contributed by atoms with Crippen molar-refractivity contribution < 1.29 is 4.79 Å². The number of nitrogens with zero attached hydrogens (tertiary/aromatic N) is 3. The Morgan fingerprint density at radius 1 is 1.38 bits per heavy atom. The van der Waals surface area contributed by atoms with Gasteiger partial charge in [0.15, 0.2) is 0 Å². The lowest BCUT2D eigenvalue weighted by Crippen LogP contribution is -2.13. The normalized spacial score (nSPS) is 10.4. The van der Waals surface area contributed by atoms with Crippen LogP contribution in [0.25, 0.3) is 0 Å². The van der Waals surface area contributed by atoms with Gasteiger partial charge in [0.05, 0.1) is 30.4 Å². The van der Waals surface area contributed by atoms with Gasteiger partial charge in [0.2, 0.25) is 5.91 Å². The zero-order chi connectivity index (χ0) is 17.5. The Hall–Kier alpha value is -2.26. The van der Waals surface area contributed by atoms with Crippen LogP contribution in [-0.4, -0.2) is 21.9 Å². The van der Waals surface area contributed by atoms with E-state index in [1.165, 1.54) is 0 Å². The van der Waals surface area contributed by atoms with Crippen LogP contribution in [0, 0.1) is 25.2 Å². The second-order valence-electron chi connectivity index (χ2n) is 5.53. The van der Waals surface area contributed by atoms with Crippen molar-refractivity contribution in [3.63, 3.8) is 0 Å². The van der Waals surface area contributed by atoms with Gasteiger partial charge in [-0.05, 0) is 44.2 Å². The van der Waals surface area contributed by atoms with Gasteiger partial charge in [0, 0.05) is 17.0 Å². The fourth-order valence-electron chi connectivity index (χ4n) is 2.67. The highest BCUT2D eigenvalue weighted by Gasteiger charge is 2.13. The third-order valence-corrected chi connectivity index (χ3v) is 4.75. The van der Waals surface area contributed by atoms with Gasteiger partial charge < -0.3 is 5.32 Å². The molecule has 0 aliphatic carbocycles. The van der Waals surface area contributed by atoms with Crippen molar-refractivity contribution in [3.8, 4) is 6.07 Å². The number of aromatic nitrogens is 2. The monoisotopic (exact) mass is 342 g/mol. The standard InChI is InChI=1S/C18H22N4OS/c1-13-15(14(2)22(21-13)12-6-11-19)9-10-18(23)20-16-7-4-5-8-17(16)24-3/h4-5,7-8H,6,9-10,12H2,1-3H3,(H,20,23). The molecule has 6 heteroatoms. The van der Waals surface area contributed by atoms with Gasteiger partial charge in [-0.2, -0.15) is 10.4 Å². The molecule has 0 saturated carbocycles. The van der Waals surface area contributed by atoms with Crippen LogP contribution >= 0.6 is 11.8 Å². The molecule has 0 spiro atoms. The first-order valence-electron chi connectivity index (χ1n) is 7.89. The van der Waals surface area contributed by atoms with Crippen molar-refractivity contribution in [2.45, 2.75) is 44.6 Å². The van der Waals surface area contributed by atoms with Crippen LogP contribution in [0.1, 0.15) is 29.8 Å². The molecule has 1 amide bonds. The van der Waals surface area contributed by atoms with Crippen molar-refractivity contribution in [3.05, 3.63) is 41.2 Å². The minimum atomic E-state index is 0.0000693. The van der Waals surface area contributed by atoms with Crippen LogP contribution in [-0.2, 0) is 17.8 Å². The molecule has 0 fully saturated rings. The number of hydrogen-bond donors (Lipinski definition) is 1. The highest BCUT2D eigenvalue weighted by Crippen LogP contribution is 2.25. The van der Waals surface area contributed by atoms with Crippen molar-refractivity contribution in [2.75, 3.05) is 11.6 Å². The van der Waals surface area contributed by atoms with E-state index < -0.39 is 0 Å². The maximum atomic E-state index is 12.3. The minimum Gasteiger partial charge on any atom is -0.325 e. The average Bonchev–Trinajstić information content (AvgIpc) is 2.85. The molecule has 1 aromatic carbocycles. The second kappa shape index (κ2) is 8.55. The maximum Gasteiger partial charge on any atom is 0.224 e. The predicted octanol–water partition coefficient (Wildman–Crippen LogP) is 3.71. The number of thioether (sulfide) groups is 1. The smallest absolute Gasteiger partial charge is 0.224 e. The minimum absolute atomic E-state index is 0.0000693. The molecule has 1 aromatic heterocycles. The van der Waals surface area contributed by atoms with E-state index in [9.17, 15) is 4.79 Å². The summed E-state index contributed by atoms with van der Waals surface area (Å²) in [6, 6.07) is 9.93. The zero-order valence-corrected chi connectivity index (χ0v) is 15.1. The van der Waals surface area contributed by atoms with Gasteiger partial charge in [-0.1, -0.05) is 12.1 Å². The number of para-hydroxylation sites is 1. The highest BCUT2D eigenvalue weighted by atomic mass is 32.2. The number of hydrogen-bond acceptors (Lipinski definition) is 4. The number of benzene rings is 1. The fraction of sp³-hybridized carbons (Fsp3) is 0.389. The number of carbonyl (C=O) groups is 1. The molecule has 0 radical (unpaired) electrons. The summed E-state index contributed by atoms with van der Waals surface area (Å²) in [5.41, 5.74) is 3.93. The Balaban J connectivity index is 1.99. The largest absolute Gasteiger partial charge is 0.325 e. The molecule has 0 saturated heterocycles. The second-order valence-corrected chi connectivity index (χ2v) is 6.38. The molecule has 2 aromatic rings. The number of aryl methyl sites for hydroxylation is 2. The molecule has 0 atom stereocenters. The fourth-order valence-corrected chi connectivity index (χ4v) is 3.22. The number of rotatable bonds is 7. The van der Waals surface area contributed by atoms with Crippen LogP contribution in [0.2, 0.25) is 0 Å². The van der Waals surface area contributed by atoms with Gasteiger partial charge >= 0.3 is 0 Å². The Bertz CT molecular complexity index is 761. The first kappa shape index (κ1) is 18.1. The SMILES string of the molecule is CSc1ccccc1NC(=O)CCc1c(C)nn(CCC#N)c1C. The van der Waals surface area contributed by atoms with Gasteiger partial charge in [-0.3, -0.25) is 9.48 Å². The molecule has 0 aliphatic heterocycles. The van der Waals surface area contributed by atoms with E-state index in [1.807, 2.05) is 49.1 Å². The average molecular weight is 342 g/mol. The Kier molecular flexibility index (Phi) is 6.44. The third-order valence-electron chi connectivity index (χ3n) is 3.95. The third kappa shape index (κ3) is 4.39. The molecule has 1 N–H and O–H groups in total. The lowest BCUT2D eigenvalue weighted by atomic mass is 10.1. The van der Waals surface area contributed by atoms with E-state index in [-0.39, 0.29) is 5.91 Å². The van der Waals surface area contributed by atoms with E-state index in [4.69, 9.17) is 5.26 Å². The Morgan fingerprint density at radius 3 is 2.83 bits per heavy atom. The topological polar surface area (TPSA) is 70.7 Å². The molecule has 24 heavy (non-hydrogen) atoms. The van der Waals surface area contributed by atoms with Crippen molar-refractivity contribution in [1.29, 1.82) is 5.26 Å². The Morgan fingerprint density at radius 2 is 2.12 bits per heavy atom. The first-order chi connectivity index (χ1) is 11.6. The van der Waals surface area contributed by atoms with Crippen LogP contribution in [0.3, 0.4) is 0 Å². The molecular weight excluding hydrogens is 320 g/mol. The first-order valence-corrected chi connectivity index (χ1v) is 9.12. The molecule has 0 bridgehead atoms. The number of nitrogens with one attached hydrogen (secondary N) is 1. The molecule has 126 valence electrons. The Labute approximate surface area is 147 Å². The summed E-state index contributed by atoms with van der Waals surface area (Å²) in [7, 11) is 0. The van der Waals surface area contributed by atoms with Gasteiger partial charge in [0.25, 0.3) is 0 Å². The predicted molar refractivity (Wildman–Crippen MR) is 97.1 cm³/mol. The van der Waals surface area contributed by atoms with Gasteiger partial charge in [0.1, 0.15) is 0 Å². The number of amides is 1. The number of anilines is 1. The lowest BCUT2D eigenvalue weighted by molar-refractivity contribution is -0.116. The zero-order valence-electron chi connectivity index (χ0n) is 14.3. The van der Waals surface area contributed by atoms with E-state index >= 15 is 0 Å². The van der Waals surface area contributed by atoms with E-state index in [0.717, 1.165) is 27.5 Å². The molecule has 0 unspecified atom stereocenters. The quantitative estimate of drug-likeness (QED) is 0.779. The van der Waals surface area contributed by atoms with Crippen molar-refractivity contribution >= 4 is 23.4 Å². The molecular formula is C18H22N4OS.